The highest BCUT2D eigenvalue weighted by Gasteiger charge is 2.16. The van der Waals surface area contributed by atoms with Crippen LogP contribution in [0.2, 0.25) is 0 Å². The van der Waals surface area contributed by atoms with Crippen molar-refractivity contribution < 1.29 is 0 Å². The summed E-state index contributed by atoms with van der Waals surface area (Å²) in [5.74, 6) is 1.88. The fraction of sp³-hybridized carbons (Fsp3) is 0.923. The number of aliphatic imine (C=N–C) groups is 1. The van der Waals surface area contributed by atoms with Crippen molar-refractivity contribution in [3.63, 3.8) is 0 Å². The minimum atomic E-state index is 0.520. The molecule has 0 spiro atoms. The Balaban J connectivity index is 2.49. The van der Waals surface area contributed by atoms with Crippen LogP contribution in [0.5, 0.6) is 0 Å². The van der Waals surface area contributed by atoms with Gasteiger partial charge in [0.05, 0.1) is 5.84 Å². The topological polar surface area (TPSA) is 27.6 Å². The molecular formula is C13H27N3. The van der Waals surface area contributed by atoms with Gasteiger partial charge in [0.2, 0.25) is 0 Å². The summed E-state index contributed by atoms with van der Waals surface area (Å²) in [6, 6.07) is 0.520. The third kappa shape index (κ3) is 4.97. The van der Waals surface area contributed by atoms with Gasteiger partial charge in [0, 0.05) is 25.6 Å². The maximum atomic E-state index is 4.64. The van der Waals surface area contributed by atoms with Crippen molar-refractivity contribution in [3.8, 4) is 0 Å². The van der Waals surface area contributed by atoms with Crippen molar-refractivity contribution in [2.24, 2.45) is 10.9 Å². The predicted octanol–water partition coefficient (Wildman–Crippen LogP) is 2.13. The zero-order valence-electron chi connectivity index (χ0n) is 11.3. The van der Waals surface area contributed by atoms with Gasteiger partial charge in [-0.2, -0.15) is 0 Å². The Labute approximate surface area is 100 Å². The Bertz CT molecular complexity index is 221. The van der Waals surface area contributed by atoms with Gasteiger partial charge in [-0.15, -0.1) is 0 Å². The van der Waals surface area contributed by atoms with Gasteiger partial charge in [-0.25, -0.2) is 0 Å². The average Bonchev–Trinajstić information content (AvgIpc) is 2.44. The van der Waals surface area contributed by atoms with E-state index in [-0.39, 0.29) is 0 Å². The minimum absolute atomic E-state index is 0.520. The number of hydrogen-bond acceptors (Lipinski definition) is 3. The highest BCUT2D eigenvalue weighted by Crippen LogP contribution is 2.09. The van der Waals surface area contributed by atoms with Gasteiger partial charge in [0.1, 0.15) is 0 Å². The van der Waals surface area contributed by atoms with Crippen LogP contribution in [0.25, 0.3) is 0 Å². The summed E-state index contributed by atoms with van der Waals surface area (Å²) < 4.78 is 0. The second-order valence-corrected chi connectivity index (χ2v) is 5.40. The monoisotopic (exact) mass is 225 g/mol. The van der Waals surface area contributed by atoms with Crippen LogP contribution in [0.15, 0.2) is 4.99 Å². The summed E-state index contributed by atoms with van der Waals surface area (Å²) in [6.07, 6.45) is 5.01. The first kappa shape index (κ1) is 13.5. The number of nitrogens with zero attached hydrogens (tertiary/aromatic N) is 2. The van der Waals surface area contributed by atoms with Crippen LogP contribution >= 0.6 is 0 Å². The van der Waals surface area contributed by atoms with E-state index >= 15 is 0 Å². The van der Waals surface area contributed by atoms with Crippen LogP contribution in [0, 0.1) is 5.92 Å². The van der Waals surface area contributed by atoms with Crippen LogP contribution in [0.1, 0.15) is 39.5 Å². The highest BCUT2D eigenvalue weighted by atomic mass is 15.1. The van der Waals surface area contributed by atoms with E-state index in [2.05, 4.69) is 43.2 Å². The number of rotatable bonds is 4. The molecule has 3 heteroatoms. The number of nitrogens with one attached hydrogen (secondary N) is 1. The minimum Gasteiger partial charge on any atom is -0.370 e. The first-order chi connectivity index (χ1) is 7.59. The lowest BCUT2D eigenvalue weighted by atomic mass is 10.0. The lowest BCUT2D eigenvalue weighted by molar-refractivity contribution is 0.312. The predicted molar refractivity (Wildman–Crippen MR) is 71.1 cm³/mol. The molecule has 0 bridgehead atoms. The third-order valence-electron chi connectivity index (χ3n) is 3.09. The molecule has 1 N–H and O–H groups in total. The quantitative estimate of drug-likeness (QED) is 0.794. The summed E-state index contributed by atoms with van der Waals surface area (Å²) >= 11 is 0. The molecule has 0 amide bonds. The van der Waals surface area contributed by atoms with E-state index < -0.39 is 0 Å². The Morgan fingerprint density at radius 3 is 2.62 bits per heavy atom. The summed E-state index contributed by atoms with van der Waals surface area (Å²) in [7, 11) is 4.26. The molecule has 0 saturated carbocycles. The molecule has 0 saturated heterocycles. The molecule has 0 fully saturated rings. The lowest BCUT2D eigenvalue weighted by Crippen LogP contribution is -2.45. The van der Waals surface area contributed by atoms with Crippen LogP contribution in [-0.2, 0) is 0 Å². The Morgan fingerprint density at radius 1 is 1.25 bits per heavy atom. The van der Waals surface area contributed by atoms with E-state index in [1.807, 2.05) is 0 Å². The SMILES string of the molecule is CC(C)C(CN(C)C)NC1=NCCCCC1. The van der Waals surface area contributed by atoms with Gasteiger partial charge in [0.25, 0.3) is 0 Å². The van der Waals surface area contributed by atoms with E-state index in [4.69, 9.17) is 0 Å². The maximum absolute atomic E-state index is 4.64. The first-order valence-corrected chi connectivity index (χ1v) is 6.54. The van der Waals surface area contributed by atoms with Crippen molar-refractivity contribution in [3.05, 3.63) is 0 Å². The molecule has 1 aliphatic rings. The number of amidine groups is 1. The molecule has 0 aromatic rings. The summed E-state index contributed by atoms with van der Waals surface area (Å²) in [5, 5.41) is 3.64. The Hall–Kier alpha value is -0.570. The fourth-order valence-corrected chi connectivity index (χ4v) is 2.02. The zero-order chi connectivity index (χ0) is 12.0. The summed E-state index contributed by atoms with van der Waals surface area (Å²) in [4.78, 5) is 6.88. The molecule has 1 aliphatic heterocycles. The molecule has 0 radical (unpaired) electrons. The van der Waals surface area contributed by atoms with Crippen molar-refractivity contribution in [1.29, 1.82) is 0 Å². The second kappa shape index (κ2) is 6.89. The van der Waals surface area contributed by atoms with Gasteiger partial charge in [-0.3, -0.25) is 4.99 Å². The van der Waals surface area contributed by atoms with Crippen LogP contribution in [0.3, 0.4) is 0 Å². The van der Waals surface area contributed by atoms with Gasteiger partial charge < -0.3 is 10.2 Å². The average molecular weight is 225 g/mol. The first-order valence-electron chi connectivity index (χ1n) is 6.54. The molecule has 3 nitrogen and oxygen atoms in total. The second-order valence-electron chi connectivity index (χ2n) is 5.40. The molecule has 1 heterocycles. The molecule has 1 atom stereocenters. The normalized spacial score (nSPS) is 19.5. The third-order valence-corrected chi connectivity index (χ3v) is 3.09. The van der Waals surface area contributed by atoms with Gasteiger partial charge in [-0.05, 0) is 32.9 Å². The van der Waals surface area contributed by atoms with E-state index in [0.717, 1.165) is 19.5 Å². The molecule has 1 unspecified atom stereocenters. The van der Waals surface area contributed by atoms with Gasteiger partial charge in [-0.1, -0.05) is 20.3 Å². The lowest BCUT2D eigenvalue weighted by Gasteiger charge is -2.27. The van der Waals surface area contributed by atoms with Crippen molar-refractivity contribution in [2.45, 2.75) is 45.6 Å². The van der Waals surface area contributed by atoms with Gasteiger partial charge in [0.15, 0.2) is 0 Å². The van der Waals surface area contributed by atoms with E-state index in [0.29, 0.717) is 12.0 Å². The molecule has 16 heavy (non-hydrogen) atoms. The van der Waals surface area contributed by atoms with Crippen molar-refractivity contribution >= 4 is 5.84 Å². The number of likely N-dealkylation sites (N-methyl/N-ethyl adjacent to an activating group) is 1. The van der Waals surface area contributed by atoms with Crippen LogP contribution in [-0.4, -0.2) is 44.0 Å². The Morgan fingerprint density at radius 2 is 2.00 bits per heavy atom. The molecule has 0 aromatic carbocycles. The van der Waals surface area contributed by atoms with Gasteiger partial charge >= 0.3 is 0 Å². The zero-order valence-corrected chi connectivity index (χ0v) is 11.3. The fourth-order valence-electron chi connectivity index (χ4n) is 2.02. The van der Waals surface area contributed by atoms with E-state index in [1.54, 1.807) is 0 Å². The largest absolute Gasteiger partial charge is 0.370 e. The molecule has 0 aliphatic carbocycles. The Kier molecular flexibility index (Phi) is 5.81. The molecule has 1 rings (SSSR count). The number of hydrogen-bond donors (Lipinski definition) is 1. The highest BCUT2D eigenvalue weighted by molar-refractivity contribution is 5.82. The standard InChI is InChI=1S/C13H27N3/c1-11(2)12(10-16(3)4)15-13-8-6-5-7-9-14-13/h11-12H,5-10H2,1-4H3,(H,14,15). The summed E-state index contributed by atoms with van der Waals surface area (Å²) in [5.41, 5.74) is 0. The smallest absolute Gasteiger partial charge is 0.0965 e. The van der Waals surface area contributed by atoms with Crippen molar-refractivity contribution in [2.75, 3.05) is 27.2 Å². The maximum Gasteiger partial charge on any atom is 0.0965 e. The summed E-state index contributed by atoms with van der Waals surface area (Å²) in [6.45, 7) is 6.64. The van der Waals surface area contributed by atoms with Crippen LogP contribution in [0.4, 0.5) is 0 Å². The van der Waals surface area contributed by atoms with E-state index in [9.17, 15) is 0 Å². The molecular weight excluding hydrogens is 198 g/mol. The van der Waals surface area contributed by atoms with E-state index in [1.165, 1.54) is 25.1 Å². The van der Waals surface area contributed by atoms with Crippen molar-refractivity contribution in [1.82, 2.24) is 10.2 Å². The van der Waals surface area contributed by atoms with Crippen LogP contribution < -0.4 is 5.32 Å². The molecule has 94 valence electrons. The molecule has 0 aromatic heterocycles.